The van der Waals surface area contributed by atoms with Crippen LogP contribution in [0.15, 0.2) is 73.3 Å². The van der Waals surface area contributed by atoms with Crippen molar-refractivity contribution in [3.05, 3.63) is 84.4 Å². The van der Waals surface area contributed by atoms with E-state index in [4.69, 9.17) is 4.74 Å². The number of rotatable bonds is 11. The summed E-state index contributed by atoms with van der Waals surface area (Å²) in [5, 5.41) is 0. The largest absolute Gasteiger partial charge is 0.377 e. The lowest BCUT2D eigenvalue weighted by Gasteiger charge is -2.26. The van der Waals surface area contributed by atoms with Gasteiger partial charge in [0.1, 0.15) is 0 Å². The molecule has 0 saturated carbocycles. The zero-order valence-electron chi connectivity index (χ0n) is 14.9. The maximum absolute atomic E-state index is 5.77. The average Bonchev–Trinajstić information content (AvgIpc) is 2.65. The van der Waals surface area contributed by atoms with E-state index in [-0.39, 0.29) is 5.41 Å². The van der Waals surface area contributed by atoms with Gasteiger partial charge in [-0.15, -0.1) is 6.58 Å². The van der Waals surface area contributed by atoms with Crippen LogP contribution in [0.3, 0.4) is 0 Å². The van der Waals surface area contributed by atoms with E-state index in [1.54, 1.807) is 0 Å². The number of benzene rings is 2. The molecule has 0 heterocycles. The molecule has 2 aromatic rings. The Bertz CT molecular complexity index is 575. The van der Waals surface area contributed by atoms with Crippen molar-refractivity contribution >= 4 is 0 Å². The zero-order valence-corrected chi connectivity index (χ0v) is 14.9. The van der Waals surface area contributed by atoms with Crippen molar-refractivity contribution in [2.75, 3.05) is 6.61 Å². The van der Waals surface area contributed by atoms with Crippen LogP contribution in [0.2, 0.25) is 0 Å². The first-order valence-electron chi connectivity index (χ1n) is 9.01. The van der Waals surface area contributed by atoms with Crippen LogP contribution in [0.5, 0.6) is 0 Å². The van der Waals surface area contributed by atoms with Crippen LogP contribution in [0.25, 0.3) is 0 Å². The summed E-state index contributed by atoms with van der Waals surface area (Å²) >= 11 is 0. The standard InChI is InChI=1S/C23H30O/c1-3-23(2,18-16-21-12-6-4-7-13-21)17-10-11-19-24-20-22-14-8-5-9-15-22/h3-9,12-15H,1,10-11,16-20H2,2H3/t23-/m0/s1. The van der Waals surface area contributed by atoms with Gasteiger partial charge >= 0.3 is 0 Å². The highest BCUT2D eigenvalue weighted by Crippen LogP contribution is 2.31. The highest BCUT2D eigenvalue weighted by molar-refractivity contribution is 5.15. The minimum Gasteiger partial charge on any atom is -0.377 e. The molecular formula is C23H30O. The minimum absolute atomic E-state index is 0.218. The smallest absolute Gasteiger partial charge is 0.0716 e. The molecule has 0 unspecified atom stereocenters. The van der Waals surface area contributed by atoms with Crippen molar-refractivity contribution in [2.24, 2.45) is 5.41 Å². The van der Waals surface area contributed by atoms with Gasteiger partial charge in [0, 0.05) is 6.61 Å². The predicted octanol–water partition coefficient (Wildman–Crippen LogP) is 6.20. The molecular weight excluding hydrogens is 292 g/mol. The molecule has 0 aliphatic carbocycles. The molecule has 2 rings (SSSR count). The molecule has 0 aromatic heterocycles. The van der Waals surface area contributed by atoms with E-state index in [1.807, 2.05) is 6.07 Å². The third-order valence-corrected chi connectivity index (χ3v) is 4.72. The lowest BCUT2D eigenvalue weighted by Crippen LogP contribution is -2.14. The first kappa shape index (κ1) is 18.5. The number of allylic oxidation sites excluding steroid dienone is 1. The van der Waals surface area contributed by atoms with E-state index in [1.165, 1.54) is 24.0 Å². The lowest BCUT2D eigenvalue weighted by atomic mass is 9.80. The molecule has 0 amide bonds. The molecule has 0 aliphatic rings. The third kappa shape index (κ3) is 6.72. The molecule has 0 N–H and O–H groups in total. The summed E-state index contributed by atoms with van der Waals surface area (Å²) in [6.07, 6.45) is 7.89. The van der Waals surface area contributed by atoms with Gasteiger partial charge in [0.05, 0.1) is 6.61 Å². The molecule has 0 saturated heterocycles. The number of aryl methyl sites for hydroxylation is 1. The molecule has 0 bridgehead atoms. The van der Waals surface area contributed by atoms with Crippen LogP contribution in [0.4, 0.5) is 0 Å². The normalized spacial score (nSPS) is 13.4. The molecule has 0 radical (unpaired) electrons. The van der Waals surface area contributed by atoms with Gasteiger partial charge in [-0.2, -0.15) is 0 Å². The first-order valence-corrected chi connectivity index (χ1v) is 9.01. The molecule has 1 atom stereocenters. The van der Waals surface area contributed by atoms with Gasteiger partial charge < -0.3 is 4.74 Å². The molecule has 1 heteroatoms. The Balaban J connectivity index is 1.62. The van der Waals surface area contributed by atoms with Crippen molar-refractivity contribution in [1.82, 2.24) is 0 Å². The van der Waals surface area contributed by atoms with E-state index in [2.05, 4.69) is 74.2 Å². The first-order chi connectivity index (χ1) is 11.7. The SMILES string of the molecule is C=C[C@@](C)(CCCCOCc1ccccc1)CCc1ccccc1. The van der Waals surface area contributed by atoms with Crippen LogP contribution < -0.4 is 0 Å². The second-order valence-electron chi connectivity index (χ2n) is 6.84. The highest BCUT2D eigenvalue weighted by atomic mass is 16.5. The van der Waals surface area contributed by atoms with Gasteiger partial charge in [-0.25, -0.2) is 0 Å². The van der Waals surface area contributed by atoms with E-state index in [0.717, 1.165) is 25.9 Å². The second kappa shape index (κ2) is 10.1. The summed E-state index contributed by atoms with van der Waals surface area (Å²) in [5.41, 5.74) is 2.88. The summed E-state index contributed by atoms with van der Waals surface area (Å²) in [6, 6.07) is 21.1. The van der Waals surface area contributed by atoms with Crippen molar-refractivity contribution in [3.63, 3.8) is 0 Å². The fourth-order valence-corrected chi connectivity index (χ4v) is 2.90. The van der Waals surface area contributed by atoms with Crippen molar-refractivity contribution < 1.29 is 4.74 Å². The van der Waals surface area contributed by atoms with E-state index in [0.29, 0.717) is 6.61 Å². The fraction of sp³-hybridized carbons (Fsp3) is 0.391. The van der Waals surface area contributed by atoms with Gasteiger partial charge in [0.2, 0.25) is 0 Å². The summed E-state index contributed by atoms with van der Waals surface area (Å²) in [4.78, 5) is 0. The molecule has 0 fully saturated rings. The molecule has 128 valence electrons. The molecule has 0 spiro atoms. The molecule has 0 aliphatic heterocycles. The van der Waals surface area contributed by atoms with Crippen LogP contribution >= 0.6 is 0 Å². The number of hydrogen-bond acceptors (Lipinski definition) is 1. The van der Waals surface area contributed by atoms with Crippen molar-refractivity contribution in [1.29, 1.82) is 0 Å². The van der Waals surface area contributed by atoms with Crippen molar-refractivity contribution in [3.8, 4) is 0 Å². The molecule has 24 heavy (non-hydrogen) atoms. The Hall–Kier alpha value is -1.86. The third-order valence-electron chi connectivity index (χ3n) is 4.72. The summed E-state index contributed by atoms with van der Waals surface area (Å²) < 4.78 is 5.77. The van der Waals surface area contributed by atoms with Gasteiger partial charge in [0.15, 0.2) is 0 Å². The van der Waals surface area contributed by atoms with Gasteiger partial charge in [-0.1, -0.05) is 80.1 Å². The maximum atomic E-state index is 5.77. The topological polar surface area (TPSA) is 9.23 Å². The van der Waals surface area contributed by atoms with E-state index in [9.17, 15) is 0 Å². The van der Waals surface area contributed by atoms with Crippen LogP contribution in [-0.4, -0.2) is 6.61 Å². The number of unbranched alkanes of at least 4 members (excludes halogenated alkanes) is 1. The van der Waals surface area contributed by atoms with Crippen LogP contribution in [0.1, 0.15) is 43.7 Å². The monoisotopic (exact) mass is 322 g/mol. The predicted molar refractivity (Wildman–Crippen MR) is 103 cm³/mol. The number of ether oxygens (including phenoxy) is 1. The minimum atomic E-state index is 0.218. The average molecular weight is 322 g/mol. The number of hydrogen-bond donors (Lipinski definition) is 0. The van der Waals surface area contributed by atoms with Crippen LogP contribution in [0, 0.1) is 5.41 Å². The Labute approximate surface area is 147 Å². The Morgan fingerprint density at radius 1 is 0.875 bits per heavy atom. The Kier molecular flexibility index (Phi) is 7.77. The lowest BCUT2D eigenvalue weighted by molar-refractivity contribution is 0.114. The van der Waals surface area contributed by atoms with Gasteiger partial charge in [-0.05, 0) is 42.2 Å². The fourth-order valence-electron chi connectivity index (χ4n) is 2.90. The Morgan fingerprint density at radius 2 is 1.50 bits per heavy atom. The van der Waals surface area contributed by atoms with Gasteiger partial charge in [0.25, 0.3) is 0 Å². The summed E-state index contributed by atoms with van der Waals surface area (Å²) in [6.45, 7) is 7.95. The quantitative estimate of drug-likeness (QED) is 0.353. The van der Waals surface area contributed by atoms with E-state index < -0.39 is 0 Å². The molecule has 2 aromatic carbocycles. The summed E-state index contributed by atoms with van der Waals surface area (Å²) in [5.74, 6) is 0. The summed E-state index contributed by atoms with van der Waals surface area (Å²) in [7, 11) is 0. The van der Waals surface area contributed by atoms with E-state index >= 15 is 0 Å². The van der Waals surface area contributed by atoms with Gasteiger partial charge in [-0.3, -0.25) is 0 Å². The highest BCUT2D eigenvalue weighted by Gasteiger charge is 2.19. The maximum Gasteiger partial charge on any atom is 0.0716 e. The van der Waals surface area contributed by atoms with Crippen LogP contribution in [-0.2, 0) is 17.8 Å². The second-order valence-corrected chi connectivity index (χ2v) is 6.84. The zero-order chi connectivity index (χ0) is 17.1. The molecule has 1 nitrogen and oxygen atoms in total. The Morgan fingerprint density at radius 3 is 2.12 bits per heavy atom. The van der Waals surface area contributed by atoms with Crippen molar-refractivity contribution in [2.45, 2.75) is 45.6 Å².